The van der Waals surface area contributed by atoms with Crippen LogP contribution in [0.15, 0.2) is 11.6 Å². The SMILES string of the molecule is CCC(C)CC(C)C=C(C(=O)O)C(CC)C(C(=O)O)C(C(=O)O)C(CC)C(=O)O. The van der Waals surface area contributed by atoms with Crippen molar-refractivity contribution in [3.8, 4) is 0 Å². The second-order valence-electron chi connectivity index (χ2n) is 7.75. The van der Waals surface area contributed by atoms with E-state index < -0.39 is 47.5 Å². The van der Waals surface area contributed by atoms with Gasteiger partial charge in [0.15, 0.2) is 0 Å². The topological polar surface area (TPSA) is 149 Å². The summed E-state index contributed by atoms with van der Waals surface area (Å²) in [7, 11) is 0. The number of carbonyl (C=O) groups is 4. The molecule has 0 spiro atoms. The molecule has 0 bridgehead atoms. The van der Waals surface area contributed by atoms with Crippen molar-refractivity contribution in [1.82, 2.24) is 0 Å². The van der Waals surface area contributed by atoms with Crippen molar-refractivity contribution in [3.63, 3.8) is 0 Å². The predicted molar refractivity (Wildman–Crippen MR) is 106 cm³/mol. The molecule has 29 heavy (non-hydrogen) atoms. The molecule has 8 nitrogen and oxygen atoms in total. The normalized spacial score (nSPS) is 18.2. The first-order valence-electron chi connectivity index (χ1n) is 10.1. The summed E-state index contributed by atoms with van der Waals surface area (Å²) < 4.78 is 0. The standard InChI is InChI=1S/C21H34O8/c1-6-11(4)9-12(5)10-15(19(24)25)13(7-2)16(20(26)27)17(21(28)29)14(8-3)18(22)23/h10-14,16-17H,6-9H2,1-5H3,(H,22,23)(H,24,25)(H,26,27)(H,28,29). The highest BCUT2D eigenvalue weighted by Crippen LogP contribution is 2.37. The van der Waals surface area contributed by atoms with E-state index in [1.54, 1.807) is 6.92 Å². The van der Waals surface area contributed by atoms with Gasteiger partial charge in [-0.15, -0.1) is 0 Å². The molecule has 0 aromatic rings. The Bertz CT molecular complexity index is 624. The summed E-state index contributed by atoms with van der Waals surface area (Å²) >= 11 is 0. The number of carboxylic acids is 4. The number of aliphatic carboxylic acids is 4. The maximum atomic E-state index is 12.0. The van der Waals surface area contributed by atoms with Crippen LogP contribution in [-0.4, -0.2) is 44.3 Å². The van der Waals surface area contributed by atoms with Crippen LogP contribution in [-0.2, 0) is 19.2 Å². The van der Waals surface area contributed by atoms with Gasteiger partial charge in [-0.3, -0.25) is 14.4 Å². The lowest BCUT2D eigenvalue weighted by atomic mass is 9.70. The van der Waals surface area contributed by atoms with Crippen LogP contribution in [0.1, 0.15) is 60.3 Å². The zero-order valence-electron chi connectivity index (χ0n) is 17.8. The smallest absolute Gasteiger partial charge is 0.331 e. The van der Waals surface area contributed by atoms with Crippen LogP contribution in [0.4, 0.5) is 0 Å². The highest BCUT2D eigenvalue weighted by Gasteiger charge is 2.47. The van der Waals surface area contributed by atoms with Gasteiger partial charge in [-0.25, -0.2) is 4.79 Å². The average Bonchev–Trinajstić information content (AvgIpc) is 2.61. The second-order valence-corrected chi connectivity index (χ2v) is 7.75. The Balaban J connectivity index is 6.35. The Hall–Kier alpha value is -2.38. The van der Waals surface area contributed by atoms with E-state index in [1.807, 2.05) is 20.8 Å². The van der Waals surface area contributed by atoms with Gasteiger partial charge in [0.1, 0.15) is 0 Å². The minimum Gasteiger partial charge on any atom is -0.481 e. The third-order valence-electron chi connectivity index (χ3n) is 5.60. The summed E-state index contributed by atoms with van der Waals surface area (Å²) in [5, 5.41) is 38.6. The van der Waals surface area contributed by atoms with Gasteiger partial charge in [-0.2, -0.15) is 0 Å². The number of hydrogen-bond donors (Lipinski definition) is 4. The monoisotopic (exact) mass is 414 g/mol. The van der Waals surface area contributed by atoms with Crippen LogP contribution in [0.5, 0.6) is 0 Å². The third kappa shape index (κ3) is 7.51. The third-order valence-corrected chi connectivity index (χ3v) is 5.60. The highest BCUT2D eigenvalue weighted by molar-refractivity contribution is 5.90. The quantitative estimate of drug-likeness (QED) is 0.315. The van der Waals surface area contributed by atoms with E-state index in [0.29, 0.717) is 12.3 Å². The van der Waals surface area contributed by atoms with Crippen molar-refractivity contribution >= 4 is 23.9 Å². The molecule has 0 heterocycles. The average molecular weight is 414 g/mol. The number of hydrogen-bond acceptors (Lipinski definition) is 4. The van der Waals surface area contributed by atoms with Crippen molar-refractivity contribution in [1.29, 1.82) is 0 Å². The largest absolute Gasteiger partial charge is 0.481 e. The van der Waals surface area contributed by atoms with E-state index in [9.17, 15) is 39.6 Å². The van der Waals surface area contributed by atoms with Crippen molar-refractivity contribution in [2.75, 3.05) is 0 Å². The zero-order chi connectivity index (χ0) is 22.9. The summed E-state index contributed by atoms with van der Waals surface area (Å²) in [6.45, 7) is 8.93. The van der Waals surface area contributed by atoms with Crippen LogP contribution in [0.3, 0.4) is 0 Å². The first kappa shape index (κ1) is 26.6. The van der Waals surface area contributed by atoms with E-state index in [2.05, 4.69) is 0 Å². The molecule has 0 aliphatic heterocycles. The zero-order valence-corrected chi connectivity index (χ0v) is 17.8. The predicted octanol–water partition coefficient (Wildman–Crippen LogP) is 3.61. The van der Waals surface area contributed by atoms with E-state index in [1.165, 1.54) is 13.0 Å². The first-order chi connectivity index (χ1) is 13.4. The van der Waals surface area contributed by atoms with E-state index in [-0.39, 0.29) is 24.3 Å². The van der Waals surface area contributed by atoms with Crippen molar-refractivity contribution in [3.05, 3.63) is 11.6 Å². The Kier molecular flexibility index (Phi) is 11.2. The summed E-state index contributed by atoms with van der Waals surface area (Å²) in [4.78, 5) is 47.4. The van der Waals surface area contributed by atoms with Crippen molar-refractivity contribution in [2.24, 2.45) is 35.5 Å². The molecule has 6 unspecified atom stereocenters. The van der Waals surface area contributed by atoms with Crippen molar-refractivity contribution < 1.29 is 39.6 Å². The number of rotatable bonds is 14. The van der Waals surface area contributed by atoms with Gasteiger partial charge >= 0.3 is 23.9 Å². The fraction of sp³-hybridized carbons (Fsp3) is 0.714. The molecule has 0 aromatic heterocycles. The molecule has 0 saturated heterocycles. The second kappa shape index (κ2) is 12.2. The van der Waals surface area contributed by atoms with Gasteiger partial charge in [0.25, 0.3) is 0 Å². The molecular formula is C21H34O8. The summed E-state index contributed by atoms with van der Waals surface area (Å²) in [5.74, 6) is -11.6. The maximum absolute atomic E-state index is 12.0. The fourth-order valence-corrected chi connectivity index (χ4v) is 3.93. The molecule has 0 aliphatic rings. The fourth-order valence-electron chi connectivity index (χ4n) is 3.93. The number of carboxylic acid groups (broad SMARTS) is 4. The van der Waals surface area contributed by atoms with Crippen LogP contribution in [0, 0.1) is 35.5 Å². The van der Waals surface area contributed by atoms with Crippen molar-refractivity contribution in [2.45, 2.75) is 60.3 Å². The molecule has 0 amide bonds. The molecule has 4 N–H and O–H groups in total. The van der Waals surface area contributed by atoms with Gasteiger partial charge in [0.2, 0.25) is 0 Å². The van der Waals surface area contributed by atoms with Gasteiger partial charge in [-0.1, -0.05) is 47.1 Å². The van der Waals surface area contributed by atoms with E-state index in [4.69, 9.17) is 0 Å². The molecule has 6 atom stereocenters. The lowest BCUT2D eigenvalue weighted by molar-refractivity contribution is -0.164. The van der Waals surface area contributed by atoms with Crippen LogP contribution < -0.4 is 0 Å². The number of allylic oxidation sites excluding steroid dienone is 1. The highest BCUT2D eigenvalue weighted by atomic mass is 16.4. The molecule has 166 valence electrons. The van der Waals surface area contributed by atoms with Gasteiger partial charge in [0.05, 0.1) is 17.8 Å². The molecule has 0 aliphatic carbocycles. The molecule has 0 saturated carbocycles. The van der Waals surface area contributed by atoms with Gasteiger partial charge in [-0.05, 0) is 31.1 Å². The van der Waals surface area contributed by atoms with Gasteiger partial charge in [0, 0.05) is 11.5 Å². The van der Waals surface area contributed by atoms with Crippen LogP contribution >= 0.6 is 0 Å². The maximum Gasteiger partial charge on any atom is 0.331 e. The summed E-state index contributed by atoms with van der Waals surface area (Å²) in [5.41, 5.74) is -0.165. The first-order valence-corrected chi connectivity index (χ1v) is 10.1. The molecule has 0 fully saturated rings. The van der Waals surface area contributed by atoms with E-state index >= 15 is 0 Å². The molecule has 8 heteroatoms. The lowest BCUT2D eigenvalue weighted by Gasteiger charge is -2.31. The van der Waals surface area contributed by atoms with E-state index in [0.717, 1.165) is 6.42 Å². The summed E-state index contributed by atoms with van der Waals surface area (Å²) in [6, 6.07) is 0. The Labute approximate surface area is 171 Å². The molecule has 0 radical (unpaired) electrons. The Morgan fingerprint density at radius 1 is 0.724 bits per heavy atom. The van der Waals surface area contributed by atoms with Gasteiger partial charge < -0.3 is 20.4 Å². The molecular weight excluding hydrogens is 380 g/mol. The summed E-state index contributed by atoms with van der Waals surface area (Å²) in [6.07, 6.45) is 3.09. The minimum absolute atomic E-state index is 0.0605. The molecule has 0 rings (SSSR count). The lowest BCUT2D eigenvalue weighted by Crippen LogP contribution is -2.43. The Morgan fingerprint density at radius 3 is 1.48 bits per heavy atom. The Morgan fingerprint density at radius 2 is 1.17 bits per heavy atom. The minimum atomic E-state index is -1.74. The van der Waals surface area contributed by atoms with Crippen LogP contribution in [0.2, 0.25) is 0 Å². The van der Waals surface area contributed by atoms with Crippen LogP contribution in [0.25, 0.3) is 0 Å². The molecule has 0 aromatic carbocycles.